The minimum Gasteiger partial charge on any atom is -0.495 e. The number of halogens is 1. The summed E-state index contributed by atoms with van der Waals surface area (Å²) in [6, 6.07) is 4.27. The Morgan fingerprint density at radius 3 is 2.44 bits per heavy atom. The summed E-state index contributed by atoms with van der Waals surface area (Å²) in [4.78, 5) is 0. The van der Waals surface area contributed by atoms with Crippen LogP contribution < -0.4 is 10.5 Å². The molecule has 1 aromatic rings. The molecule has 1 aliphatic rings. The van der Waals surface area contributed by atoms with E-state index in [1.165, 1.54) is 18.4 Å². The van der Waals surface area contributed by atoms with E-state index in [1.807, 2.05) is 0 Å². The van der Waals surface area contributed by atoms with Crippen LogP contribution in [0, 0.1) is 6.92 Å². The summed E-state index contributed by atoms with van der Waals surface area (Å²) < 4.78 is 6.34. The fraction of sp³-hybridized carbons (Fsp3) is 0.538. The van der Waals surface area contributed by atoms with E-state index in [9.17, 15) is 0 Å². The third-order valence-corrected chi connectivity index (χ3v) is 4.09. The van der Waals surface area contributed by atoms with E-state index < -0.39 is 0 Å². The highest BCUT2D eigenvalue weighted by atomic mass is 79.9. The van der Waals surface area contributed by atoms with Gasteiger partial charge in [0.25, 0.3) is 0 Å². The quantitative estimate of drug-likeness (QED) is 0.902. The Bertz CT molecular complexity index is 374. The molecule has 0 spiro atoms. The summed E-state index contributed by atoms with van der Waals surface area (Å²) in [7, 11) is 1.69. The molecule has 1 saturated carbocycles. The third-order valence-electron chi connectivity index (χ3n) is 3.50. The average Bonchev–Trinajstić information content (AvgIpc) is 2.66. The Morgan fingerprint density at radius 2 is 1.94 bits per heavy atom. The van der Waals surface area contributed by atoms with Gasteiger partial charge in [0.2, 0.25) is 0 Å². The van der Waals surface area contributed by atoms with Gasteiger partial charge in [-0.15, -0.1) is 0 Å². The number of hydrogen-bond acceptors (Lipinski definition) is 2. The predicted molar refractivity (Wildman–Crippen MR) is 69.8 cm³/mol. The molecule has 0 saturated heterocycles. The summed E-state index contributed by atoms with van der Waals surface area (Å²) in [5.74, 6) is 0.908. The highest BCUT2D eigenvalue weighted by Gasteiger charge is 2.31. The van der Waals surface area contributed by atoms with Crippen LogP contribution in [0.15, 0.2) is 16.6 Å². The van der Waals surface area contributed by atoms with Gasteiger partial charge in [-0.25, -0.2) is 0 Å². The van der Waals surface area contributed by atoms with Gasteiger partial charge in [-0.1, -0.05) is 18.9 Å². The lowest BCUT2D eigenvalue weighted by Gasteiger charge is -2.25. The normalized spacial score (nSPS) is 18.8. The summed E-state index contributed by atoms with van der Waals surface area (Å²) >= 11 is 3.55. The summed E-state index contributed by atoms with van der Waals surface area (Å²) in [6.45, 7) is 2.06. The van der Waals surface area contributed by atoms with Crippen molar-refractivity contribution in [2.24, 2.45) is 5.73 Å². The van der Waals surface area contributed by atoms with Crippen molar-refractivity contribution in [1.29, 1.82) is 0 Å². The third kappa shape index (κ3) is 1.98. The monoisotopic (exact) mass is 283 g/mol. The molecule has 1 fully saturated rings. The number of nitrogens with two attached hydrogens (primary N) is 1. The maximum absolute atomic E-state index is 6.45. The second-order valence-corrected chi connectivity index (χ2v) is 5.53. The van der Waals surface area contributed by atoms with Gasteiger partial charge in [0.05, 0.1) is 11.6 Å². The van der Waals surface area contributed by atoms with Gasteiger partial charge in [-0.3, -0.25) is 0 Å². The van der Waals surface area contributed by atoms with Crippen molar-refractivity contribution in [3.63, 3.8) is 0 Å². The molecule has 0 heterocycles. The van der Waals surface area contributed by atoms with Gasteiger partial charge < -0.3 is 10.5 Å². The maximum Gasteiger partial charge on any atom is 0.135 e. The molecule has 2 rings (SSSR count). The Kier molecular flexibility index (Phi) is 3.27. The van der Waals surface area contributed by atoms with Gasteiger partial charge in [0.15, 0.2) is 0 Å². The SMILES string of the molecule is COc1c(C)cc(C2(N)CCCC2)cc1Br. The van der Waals surface area contributed by atoms with Crippen molar-refractivity contribution in [1.82, 2.24) is 0 Å². The van der Waals surface area contributed by atoms with E-state index >= 15 is 0 Å². The molecule has 0 aliphatic heterocycles. The minimum atomic E-state index is -0.125. The van der Waals surface area contributed by atoms with Crippen LogP contribution in [0.3, 0.4) is 0 Å². The van der Waals surface area contributed by atoms with E-state index in [1.54, 1.807) is 7.11 Å². The highest BCUT2D eigenvalue weighted by Crippen LogP contribution is 2.40. The Morgan fingerprint density at radius 1 is 1.31 bits per heavy atom. The molecule has 2 nitrogen and oxygen atoms in total. The predicted octanol–water partition coefficient (Wildman–Crippen LogP) is 3.49. The molecule has 16 heavy (non-hydrogen) atoms. The first kappa shape index (κ1) is 11.9. The van der Waals surface area contributed by atoms with Crippen LogP contribution in [-0.2, 0) is 5.54 Å². The zero-order valence-corrected chi connectivity index (χ0v) is 11.4. The van der Waals surface area contributed by atoms with Crippen LogP contribution in [0.2, 0.25) is 0 Å². The summed E-state index contributed by atoms with van der Waals surface area (Å²) in [5.41, 5.74) is 8.70. The lowest BCUT2D eigenvalue weighted by Crippen LogP contribution is -2.33. The zero-order chi connectivity index (χ0) is 11.8. The second kappa shape index (κ2) is 4.38. The fourth-order valence-corrected chi connectivity index (χ4v) is 3.29. The van der Waals surface area contributed by atoms with Crippen molar-refractivity contribution in [3.8, 4) is 5.75 Å². The number of methoxy groups -OCH3 is 1. The first-order valence-electron chi connectivity index (χ1n) is 5.70. The molecule has 0 aromatic heterocycles. The average molecular weight is 284 g/mol. The molecule has 0 amide bonds. The number of rotatable bonds is 2. The minimum absolute atomic E-state index is 0.125. The fourth-order valence-electron chi connectivity index (χ4n) is 2.57. The molecule has 0 radical (unpaired) electrons. The van der Waals surface area contributed by atoms with Crippen molar-refractivity contribution in [2.75, 3.05) is 7.11 Å². The van der Waals surface area contributed by atoms with Crippen LogP contribution in [-0.4, -0.2) is 7.11 Å². The van der Waals surface area contributed by atoms with Gasteiger partial charge >= 0.3 is 0 Å². The molecular weight excluding hydrogens is 266 g/mol. The van der Waals surface area contributed by atoms with Crippen molar-refractivity contribution < 1.29 is 4.74 Å². The van der Waals surface area contributed by atoms with Crippen molar-refractivity contribution >= 4 is 15.9 Å². The lowest BCUT2D eigenvalue weighted by molar-refractivity contribution is 0.406. The maximum atomic E-state index is 6.45. The van der Waals surface area contributed by atoms with Crippen LogP contribution in [0.25, 0.3) is 0 Å². The first-order chi connectivity index (χ1) is 7.57. The second-order valence-electron chi connectivity index (χ2n) is 4.67. The lowest BCUT2D eigenvalue weighted by atomic mass is 9.88. The molecule has 3 heteroatoms. The number of ether oxygens (including phenoxy) is 1. The van der Waals surface area contributed by atoms with Crippen LogP contribution in [0.5, 0.6) is 5.75 Å². The van der Waals surface area contributed by atoms with Crippen molar-refractivity contribution in [3.05, 3.63) is 27.7 Å². The van der Waals surface area contributed by atoms with E-state index in [2.05, 4.69) is 35.0 Å². The van der Waals surface area contributed by atoms with Crippen LogP contribution in [0.4, 0.5) is 0 Å². The van der Waals surface area contributed by atoms with Crippen LogP contribution >= 0.6 is 15.9 Å². The molecular formula is C13H18BrNO. The van der Waals surface area contributed by atoms with Gasteiger partial charge in [-0.2, -0.15) is 0 Å². The van der Waals surface area contributed by atoms with Crippen molar-refractivity contribution in [2.45, 2.75) is 38.1 Å². The molecule has 2 N–H and O–H groups in total. The summed E-state index contributed by atoms with van der Waals surface area (Å²) in [5, 5.41) is 0. The summed E-state index contributed by atoms with van der Waals surface area (Å²) in [6.07, 6.45) is 4.65. The van der Waals surface area contributed by atoms with Gasteiger partial charge in [0, 0.05) is 5.54 Å². The van der Waals surface area contributed by atoms with Gasteiger partial charge in [0.1, 0.15) is 5.75 Å². The molecule has 1 aliphatic carbocycles. The molecule has 0 atom stereocenters. The van der Waals surface area contributed by atoms with E-state index in [4.69, 9.17) is 10.5 Å². The number of aryl methyl sites for hydroxylation is 1. The standard InChI is InChI=1S/C13H18BrNO/c1-9-7-10(8-11(14)12(9)16-2)13(15)5-3-4-6-13/h7-8H,3-6,15H2,1-2H3. The molecule has 0 bridgehead atoms. The first-order valence-corrected chi connectivity index (χ1v) is 6.49. The molecule has 0 unspecified atom stereocenters. The van der Waals surface area contributed by atoms with Gasteiger partial charge in [-0.05, 0) is 52.9 Å². The Labute approximate surface area is 105 Å². The largest absolute Gasteiger partial charge is 0.495 e. The van der Waals surface area contributed by atoms with Crippen LogP contribution in [0.1, 0.15) is 36.8 Å². The smallest absolute Gasteiger partial charge is 0.135 e. The van der Waals surface area contributed by atoms with E-state index in [0.717, 1.165) is 28.6 Å². The zero-order valence-electron chi connectivity index (χ0n) is 9.85. The Balaban J connectivity index is 2.43. The molecule has 88 valence electrons. The molecule has 1 aromatic carbocycles. The number of benzene rings is 1. The highest BCUT2D eigenvalue weighted by molar-refractivity contribution is 9.10. The van der Waals surface area contributed by atoms with E-state index in [0.29, 0.717) is 0 Å². The Hall–Kier alpha value is -0.540. The van der Waals surface area contributed by atoms with E-state index in [-0.39, 0.29) is 5.54 Å². The number of hydrogen-bond donors (Lipinski definition) is 1. The topological polar surface area (TPSA) is 35.2 Å².